The molecule has 0 spiro atoms. The molecular formula is C11H21N3O3. The number of rotatable bonds is 9. The van der Waals surface area contributed by atoms with Crippen molar-refractivity contribution in [2.75, 3.05) is 27.2 Å². The molecule has 17 heavy (non-hydrogen) atoms. The maximum Gasteiger partial charge on any atom is 0.243 e. The Morgan fingerprint density at radius 2 is 2.00 bits per heavy atom. The van der Waals surface area contributed by atoms with Gasteiger partial charge in [0.25, 0.3) is 0 Å². The van der Waals surface area contributed by atoms with Gasteiger partial charge in [-0.3, -0.25) is 14.4 Å². The topological polar surface area (TPSA) is 78.5 Å². The monoisotopic (exact) mass is 243 g/mol. The van der Waals surface area contributed by atoms with Crippen LogP contribution in [0, 0.1) is 0 Å². The SMILES string of the molecule is CNCCCNC(=O)C(CC(C)=O)N(C)C=O. The van der Waals surface area contributed by atoms with Crippen LogP contribution in [0.3, 0.4) is 0 Å². The van der Waals surface area contributed by atoms with E-state index in [9.17, 15) is 14.4 Å². The molecule has 0 aromatic heterocycles. The summed E-state index contributed by atoms with van der Waals surface area (Å²) in [5, 5.41) is 5.67. The van der Waals surface area contributed by atoms with E-state index in [-0.39, 0.29) is 18.1 Å². The Labute approximate surface area is 102 Å². The van der Waals surface area contributed by atoms with Crippen LogP contribution in [-0.2, 0) is 14.4 Å². The third-order valence-electron chi connectivity index (χ3n) is 2.34. The maximum absolute atomic E-state index is 11.8. The molecule has 0 rings (SSSR count). The van der Waals surface area contributed by atoms with Crippen LogP contribution in [0.4, 0.5) is 0 Å². The molecule has 6 heteroatoms. The lowest BCUT2D eigenvalue weighted by Crippen LogP contribution is -2.46. The predicted octanol–water partition coefficient (Wildman–Crippen LogP) is -0.852. The van der Waals surface area contributed by atoms with Gasteiger partial charge in [-0.05, 0) is 26.9 Å². The Kier molecular flexibility index (Phi) is 7.96. The van der Waals surface area contributed by atoms with Crippen LogP contribution in [0.15, 0.2) is 0 Å². The number of amides is 2. The summed E-state index contributed by atoms with van der Waals surface area (Å²) >= 11 is 0. The van der Waals surface area contributed by atoms with E-state index in [1.165, 1.54) is 18.9 Å². The Hall–Kier alpha value is -1.43. The highest BCUT2D eigenvalue weighted by molar-refractivity contribution is 5.89. The zero-order valence-electron chi connectivity index (χ0n) is 10.7. The van der Waals surface area contributed by atoms with E-state index in [4.69, 9.17) is 0 Å². The highest BCUT2D eigenvalue weighted by Crippen LogP contribution is 2.01. The molecule has 0 fully saturated rings. The first-order valence-electron chi connectivity index (χ1n) is 5.62. The number of nitrogens with zero attached hydrogens (tertiary/aromatic N) is 1. The summed E-state index contributed by atoms with van der Waals surface area (Å²) in [6, 6.07) is -0.709. The molecule has 6 nitrogen and oxygen atoms in total. The molecule has 0 aliphatic carbocycles. The number of nitrogens with one attached hydrogen (secondary N) is 2. The van der Waals surface area contributed by atoms with E-state index in [0.29, 0.717) is 13.0 Å². The Balaban J connectivity index is 4.22. The quantitative estimate of drug-likeness (QED) is 0.408. The van der Waals surface area contributed by atoms with Crippen LogP contribution in [0.5, 0.6) is 0 Å². The molecule has 0 saturated heterocycles. The second kappa shape index (κ2) is 8.69. The van der Waals surface area contributed by atoms with Crippen molar-refractivity contribution in [3.8, 4) is 0 Å². The van der Waals surface area contributed by atoms with Crippen molar-refractivity contribution >= 4 is 18.1 Å². The standard InChI is InChI=1S/C11H21N3O3/c1-9(16)7-10(14(3)8-15)11(17)13-6-4-5-12-2/h8,10,12H,4-7H2,1-3H3,(H,13,17). The van der Waals surface area contributed by atoms with E-state index >= 15 is 0 Å². The fraction of sp³-hybridized carbons (Fsp3) is 0.727. The number of Topliss-reactive ketones (excluding diaryl/α,β-unsaturated/α-hetero) is 1. The molecule has 0 bridgehead atoms. The normalized spacial score (nSPS) is 11.7. The molecule has 1 unspecified atom stereocenters. The van der Waals surface area contributed by atoms with Crippen LogP contribution in [0.2, 0.25) is 0 Å². The van der Waals surface area contributed by atoms with Gasteiger partial charge in [0.1, 0.15) is 11.8 Å². The predicted molar refractivity (Wildman–Crippen MR) is 64.5 cm³/mol. The van der Waals surface area contributed by atoms with Gasteiger partial charge in [-0.25, -0.2) is 0 Å². The van der Waals surface area contributed by atoms with Gasteiger partial charge in [-0.2, -0.15) is 0 Å². The Morgan fingerprint density at radius 1 is 1.35 bits per heavy atom. The van der Waals surface area contributed by atoms with Crippen molar-refractivity contribution in [2.45, 2.75) is 25.8 Å². The van der Waals surface area contributed by atoms with Gasteiger partial charge in [0.05, 0.1) is 0 Å². The van der Waals surface area contributed by atoms with Gasteiger partial charge in [0.15, 0.2) is 0 Å². The van der Waals surface area contributed by atoms with E-state index in [2.05, 4.69) is 10.6 Å². The number of hydrogen-bond acceptors (Lipinski definition) is 4. The third kappa shape index (κ3) is 6.68. The molecule has 0 aliphatic heterocycles. The van der Waals surface area contributed by atoms with E-state index in [1.54, 1.807) is 0 Å². The van der Waals surface area contributed by atoms with Crippen molar-refractivity contribution in [2.24, 2.45) is 0 Å². The van der Waals surface area contributed by atoms with E-state index in [1.807, 2.05) is 7.05 Å². The largest absolute Gasteiger partial charge is 0.354 e. The van der Waals surface area contributed by atoms with Crippen LogP contribution in [-0.4, -0.2) is 56.2 Å². The number of carbonyl (C=O) groups is 3. The molecule has 0 aromatic rings. The molecule has 0 aromatic carbocycles. The third-order valence-corrected chi connectivity index (χ3v) is 2.34. The first-order valence-corrected chi connectivity index (χ1v) is 5.62. The molecule has 1 atom stereocenters. The van der Waals surface area contributed by atoms with Gasteiger partial charge in [-0.1, -0.05) is 0 Å². The fourth-order valence-electron chi connectivity index (χ4n) is 1.36. The smallest absolute Gasteiger partial charge is 0.243 e. The summed E-state index contributed by atoms with van der Waals surface area (Å²) in [4.78, 5) is 34.6. The highest BCUT2D eigenvalue weighted by Gasteiger charge is 2.23. The second-order valence-electron chi connectivity index (χ2n) is 3.94. The molecule has 0 aliphatic rings. The minimum absolute atomic E-state index is 0.0487. The minimum Gasteiger partial charge on any atom is -0.354 e. The van der Waals surface area contributed by atoms with Crippen LogP contribution < -0.4 is 10.6 Å². The lowest BCUT2D eigenvalue weighted by molar-refractivity contribution is -0.134. The van der Waals surface area contributed by atoms with Gasteiger partial charge >= 0.3 is 0 Å². The molecular weight excluding hydrogens is 222 g/mol. The van der Waals surface area contributed by atoms with Gasteiger partial charge in [-0.15, -0.1) is 0 Å². The second-order valence-corrected chi connectivity index (χ2v) is 3.94. The van der Waals surface area contributed by atoms with Crippen LogP contribution >= 0.6 is 0 Å². The zero-order chi connectivity index (χ0) is 13.3. The van der Waals surface area contributed by atoms with Gasteiger partial charge in [0, 0.05) is 20.0 Å². The first kappa shape index (κ1) is 15.6. The zero-order valence-corrected chi connectivity index (χ0v) is 10.7. The summed E-state index contributed by atoms with van der Waals surface area (Å²) in [7, 11) is 3.33. The highest BCUT2D eigenvalue weighted by atomic mass is 16.2. The first-order chi connectivity index (χ1) is 8.02. The van der Waals surface area contributed by atoms with Crippen molar-refractivity contribution in [3.05, 3.63) is 0 Å². The molecule has 0 saturated carbocycles. The molecule has 2 amide bonds. The summed E-state index contributed by atoms with van der Waals surface area (Å²) in [5.41, 5.74) is 0. The number of carbonyl (C=O) groups excluding carboxylic acids is 3. The van der Waals surface area contributed by atoms with Crippen molar-refractivity contribution in [1.82, 2.24) is 15.5 Å². The molecule has 2 N–H and O–H groups in total. The minimum atomic E-state index is -0.709. The lowest BCUT2D eigenvalue weighted by Gasteiger charge is -2.22. The molecule has 0 radical (unpaired) electrons. The summed E-state index contributed by atoms with van der Waals surface area (Å²) < 4.78 is 0. The summed E-state index contributed by atoms with van der Waals surface area (Å²) in [6.07, 6.45) is 1.41. The van der Waals surface area contributed by atoms with Crippen molar-refractivity contribution < 1.29 is 14.4 Å². The summed E-state index contributed by atoms with van der Waals surface area (Å²) in [5.74, 6) is -0.403. The molecule has 0 heterocycles. The fourth-order valence-corrected chi connectivity index (χ4v) is 1.36. The number of hydrogen-bond donors (Lipinski definition) is 2. The van der Waals surface area contributed by atoms with E-state index < -0.39 is 6.04 Å². The van der Waals surface area contributed by atoms with Crippen molar-refractivity contribution in [3.63, 3.8) is 0 Å². The average molecular weight is 243 g/mol. The Morgan fingerprint density at radius 3 is 2.47 bits per heavy atom. The average Bonchev–Trinajstić information content (AvgIpc) is 2.30. The Bertz CT molecular complexity index is 269. The number of likely N-dealkylation sites (N-methyl/N-ethyl adjacent to an activating group) is 1. The van der Waals surface area contributed by atoms with Crippen LogP contribution in [0.25, 0.3) is 0 Å². The van der Waals surface area contributed by atoms with Crippen molar-refractivity contribution in [1.29, 1.82) is 0 Å². The lowest BCUT2D eigenvalue weighted by atomic mass is 10.1. The maximum atomic E-state index is 11.8. The van der Waals surface area contributed by atoms with E-state index in [0.717, 1.165) is 13.0 Å². The molecule has 98 valence electrons. The van der Waals surface area contributed by atoms with Crippen LogP contribution in [0.1, 0.15) is 19.8 Å². The summed E-state index contributed by atoms with van der Waals surface area (Å²) in [6.45, 7) is 2.74. The van der Waals surface area contributed by atoms with Gasteiger partial charge in [0.2, 0.25) is 12.3 Å². The van der Waals surface area contributed by atoms with Gasteiger partial charge < -0.3 is 15.5 Å². The number of ketones is 1.